The fourth-order valence-corrected chi connectivity index (χ4v) is 1.90. The average Bonchev–Trinajstić information content (AvgIpc) is 2.48. The quantitative estimate of drug-likeness (QED) is 0.626. The zero-order valence-electron chi connectivity index (χ0n) is 11.9. The van der Waals surface area contributed by atoms with Crippen LogP contribution in [0.2, 0.25) is 0 Å². The molecule has 0 bridgehead atoms. The van der Waals surface area contributed by atoms with Gasteiger partial charge in [0.05, 0.1) is 16.7 Å². The highest BCUT2D eigenvalue weighted by Gasteiger charge is 2.18. The van der Waals surface area contributed by atoms with Gasteiger partial charge in [-0.25, -0.2) is 4.98 Å². The third-order valence-corrected chi connectivity index (χ3v) is 2.91. The Labute approximate surface area is 122 Å². The van der Waals surface area contributed by atoms with Crippen LogP contribution in [0.4, 0.5) is 17.3 Å². The van der Waals surface area contributed by atoms with Gasteiger partial charge in [0.15, 0.2) is 0 Å². The minimum atomic E-state index is -0.448. The Hall–Kier alpha value is -2.70. The molecule has 0 saturated heterocycles. The van der Waals surface area contributed by atoms with Crippen LogP contribution < -0.4 is 10.6 Å². The topological polar surface area (TPSA) is 93.0 Å². The average molecular weight is 287 g/mol. The van der Waals surface area contributed by atoms with Crippen LogP contribution in [0.5, 0.6) is 0 Å². The molecule has 2 N–H and O–H groups in total. The molecule has 1 unspecified atom stereocenters. The molecular weight excluding hydrogens is 270 g/mol. The fourth-order valence-electron chi connectivity index (χ4n) is 1.90. The predicted molar refractivity (Wildman–Crippen MR) is 81.3 cm³/mol. The normalized spacial score (nSPS) is 11.7. The second kappa shape index (κ2) is 6.65. The summed E-state index contributed by atoms with van der Waals surface area (Å²) in [5.41, 5.74) is 0.738. The number of nitrogens with zero attached hydrogens (tertiary/aromatic N) is 3. The first kappa shape index (κ1) is 14.7. The standard InChI is InChI=1S/C14H17N5O2/c1-3-15-13-8-7-12(19(20)21)14(18-13)17-10(2)11-6-4-5-9-16-11/h4-10H,3H2,1-2H3,(H2,15,17,18). The summed E-state index contributed by atoms with van der Waals surface area (Å²) in [6, 6.07) is 8.41. The molecule has 7 heteroatoms. The van der Waals surface area contributed by atoms with Gasteiger partial charge in [0.2, 0.25) is 5.82 Å². The molecular formula is C14H17N5O2. The molecule has 2 rings (SSSR count). The van der Waals surface area contributed by atoms with Gasteiger partial charge in [-0.1, -0.05) is 6.07 Å². The largest absolute Gasteiger partial charge is 0.370 e. The van der Waals surface area contributed by atoms with E-state index in [1.807, 2.05) is 32.0 Å². The summed E-state index contributed by atoms with van der Waals surface area (Å²) in [6.07, 6.45) is 1.68. The van der Waals surface area contributed by atoms with Crippen molar-refractivity contribution in [2.45, 2.75) is 19.9 Å². The Balaban J connectivity index is 2.28. The maximum absolute atomic E-state index is 11.1. The van der Waals surface area contributed by atoms with Crippen molar-refractivity contribution in [3.8, 4) is 0 Å². The number of rotatable bonds is 6. The molecule has 0 aliphatic rings. The van der Waals surface area contributed by atoms with Gasteiger partial charge in [-0.3, -0.25) is 15.1 Å². The lowest BCUT2D eigenvalue weighted by Gasteiger charge is -2.14. The summed E-state index contributed by atoms with van der Waals surface area (Å²) in [6.45, 7) is 4.51. The van der Waals surface area contributed by atoms with Crippen molar-refractivity contribution in [1.82, 2.24) is 9.97 Å². The van der Waals surface area contributed by atoms with Gasteiger partial charge in [0.25, 0.3) is 0 Å². The summed E-state index contributed by atoms with van der Waals surface area (Å²) in [7, 11) is 0. The molecule has 7 nitrogen and oxygen atoms in total. The van der Waals surface area contributed by atoms with Crippen LogP contribution in [0.15, 0.2) is 36.5 Å². The van der Waals surface area contributed by atoms with E-state index in [4.69, 9.17) is 0 Å². The van der Waals surface area contributed by atoms with Gasteiger partial charge in [-0.05, 0) is 32.0 Å². The van der Waals surface area contributed by atoms with Crippen LogP contribution in [-0.2, 0) is 0 Å². The summed E-state index contributed by atoms with van der Waals surface area (Å²) in [4.78, 5) is 19.1. The summed E-state index contributed by atoms with van der Waals surface area (Å²) in [5, 5.41) is 17.2. The number of aromatic nitrogens is 2. The van der Waals surface area contributed by atoms with Crippen LogP contribution in [0.3, 0.4) is 0 Å². The van der Waals surface area contributed by atoms with Gasteiger partial charge in [0, 0.05) is 18.8 Å². The van der Waals surface area contributed by atoms with E-state index in [-0.39, 0.29) is 17.5 Å². The van der Waals surface area contributed by atoms with Crippen LogP contribution in [0.25, 0.3) is 0 Å². The number of hydrogen-bond acceptors (Lipinski definition) is 6. The highest BCUT2D eigenvalue weighted by molar-refractivity contribution is 5.60. The minimum Gasteiger partial charge on any atom is -0.370 e. The van der Waals surface area contributed by atoms with Crippen LogP contribution in [0, 0.1) is 10.1 Å². The van der Waals surface area contributed by atoms with E-state index in [0.29, 0.717) is 12.4 Å². The molecule has 0 aliphatic carbocycles. The van der Waals surface area contributed by atoms with Gasteiger partial charge < -0.3 is 10.6 Å². The molecule has 2 aromatic rings. The predicted octanol–water partition coefficient (Wildman–Crippen LogP) is 2.99. The van der Waals surface area contributed by atoms with E-state index >= 15 is 0 Å². The van der Waals surface area contributed by atoms with Crippen LogP contribution in [-0.4, -0.2) is 21.4 Å². The highest BCUT2D eigenvalue weighted by atomic mass is 16.6. The van der Waals surface area contributed by atoms with Gasteiger partial charge in [-0.2, -0.15) is 0 Å². The lowest BCUT2D eigenvalue weighted by Crippen LogP contribution is -2.12. The third-order valence-electron chi connectivity index (χ3n) is 2.91. The molecule has 1 atom stereocenters. The molecule has 2 aromatic heterocycles. The number of anilines is 2. The number of pyridine rings is 2. The smallest absolute Gasteiger partial charge is 0.311 e. The van der Waals surface area contributed by atoms with Crippen molar-refractivity contribution in [3.63, 3.8) is 0 Å². The number of hydrogen-bond donors (Lipinski definition) is 2. The highest BCUT2D eigenvalue weighted by Crippen LogP contribution is 2.27. The molecule has 110 valence electrons. The molecule has 21 heavy (non-hydrogen) atoms. The Bertz CT molecular complexity index is 618. The van der Waals surface area contributed by atoms with Crippen molar-refractivity contribution in [2.24, 2.45) is 0 Å². The first-order valence-electron chi connectivity index (χ1n) is 6.68. The van der Waals surface area contributed by atoms with Crippen molar-refractivity contribution in [3.05, 3.63) is 52.3 Å². The molecule has 0 radical (unpaired) electrons. The van der Waals surface area contributed by atoms with Crippen molar-refractivity contribution in [2.75, 3.05) is 17.2 Å². The van der Waals surface area contributed by atoms with Gasteiger partial charge >= 0.3 is 5.69 Å². The second-order valence-electron chi connectivity index (χ2n) is 4.47. The first-order valence-corrected chi connectivity index (χ1v) is 6.68. The second-order valence-corrected chi connectivity index (χ2v) is 4.47. The molecule has 0 amide bonds. The van der Waals surface area contributed by atoms with E-state index in [9.17, 15) is 10.1 Å². The Kier molecular flexibility index (Phi) is 4.65. The third kappa shape index (κ3) is 3.65. The Morgan fingerprint density at radius 2 is 2.14 bits per heavy atom. The minimum absolute atomic E-state index is 0.0561. The monoisotopic (exact) mass is 287 g/mol. The van der Waals surface area contributed by atoms with Crippen LogP contribution >= 0.6 is 0 Å². The number of nitro groups is 1. The first-order chi connectivity index (χ1) is 10.1. The summed E-state index contributed by atoms with van der Waals surface area (Å²) in [5.74, 6) is 0.829. The maximum Gasteiger partial charge on any atom is 0.311 e. The molecule has 0 aliphatic heterocycles. The van der Waals surface area contributed by atoms with E-state index in [1.165, 1.54) is 6.07 Å². The SMILES string of the molecule is CCNc1ccc([N+](=O)[O-])c(NC(C)c2ccccn2)n1. The van der Waals surface area contributed by atoms with Crippen LogP contribution in [0.1, 0.15) is 25.6 Å². The van der Waals surface area contributed by atoms with Crippen molar-refractivity contribution >= 4 is 17.3 Å². The maximum atomic E-state index is 11.1. The fraction of sp³-hybridized carbons (Fsp3) is 0.286. The lowest BCUT2D eigenvalue weighted by atomic mass is 10.2. The van der Waals surface area contributed by atoms with Crippen molar-refractivity contribution < 1.29 is 4.92 Å². The van der Waals surface area contributed by atoms with E-state index < -0.39 is 4.92 Å². The van der Waals surface area contributed by atoms with E-state index in [0.717, 1.165) is 5.69 Å². The Morgan fingerprint density at radius 1 is 1.33 bits per heavy atom. The zero-order chi connectivity index (χ0) is 15.2. The van der Waals surface area contributed by atoms with Gasteiger partial charge in [-0.15, -0.1) is 0 Å². The molecule has 0 fully saturated rings. The Morgan fingerprint density at radius 3 is 2.76 bits per heavy atom. The zero-order valence-corrected chi connectivity index (χ0v) is 11.9. The molecule has 0 saturated carbocycles. The van der Waals surface area contributed by atoms with E-state index in [1.54, 1.807) is 12.3 Å². The molecule has 0 aromatic carbocycles. The number of nitrogens with one attached hydrogen (secondary N) is 2. The molecule has 0 spiro atoms. The van der Waals surface area contributed by atoms with Crippen molar-refractivity contribution in [1.29, 1.82) is 0 Å². The van der Waals surface area contributed by atoms with E-state index in [2.05, 4.69) is 20.6 Å². The lowest BCUT2D eigenvalue weighted by molar-refractivity contribution is -0.384. The summed E-state index contributed by atoms with van der Waals surface area (Å²) < 4.78 is 0. The summed E-state index contributed by atoms with van der Waals surface area (Å²) >= 11 is 0. The molecule has 2 heterocycles. The van der Waals surface area contributed by atoms with Gasteiger partial charge in [0.1, 0.15) is 5.82 Å².